The molecule has 1 aromatic heterocycles. The lowest BCUT2D eigenvalue weighted by Crippen LogP contribution is -2.47. The van der Waals surface area contributed by atoms with Crippen LogP contribution >= 0.6 is 0 Å². The van der Waals surface area contributed by atoms with Crippen molar-refractivity contribution in [3.8, 4) is 5.69 Å². The molecule has 2 N–H and O–H groups in total. The molecule has 0 radical (unpaired) electrons. The Labute approximate surface area is 112 Å². The van der Waals surface area contributed by atoms with Crippen molar-refractivity contribution in [3.05, 3.63) is 43.0 Å². The van der Waals surface area contributed by atoms with E-state index in [2.05, 4.69) is 15.6 Å². The molecule has 0 bridgehead atoms. The van der Waals surface area contributed by atoms with Crippen LogP contribution in [0.1, 0.15) is 13.8 Å². The van der Waals surface area contributed by atoms with Crippen molar-refractivity contribution in [3.63, 3.8) is 0 Å². The van der Waals surface area contributed by atoms with Gasteiger partial charge in [-0.3, -0.25) is 4.79 Å². The number of nitrogens with zero attached hydrogens (tertiary/aromatic N) is 2. The Bertz CT molecular complexity index is 561. The summed E-state index contributed by atoms with van der Waals surface area (Å²) in [7, 11) is 1.77. The summed E-state index contributed by atoms with van der Waals surface area (Å²) >= 11 is 0. The largest absolute Gasteiger partial charge is 0.324 e. The third kappa shape index (κ3) is 3.00. The quantitative estimate of drug-likeness (QED) is 0.879. The van der Waals surface area contributed by atoms with Crippen molar-refractivity contribution in [2.75, 3.05) is 12.4 Å². The molecule has 0 spiro atoms. The highest BCUT2D eigenvalue weighted by atomic mass is 16.2. The Morgan fingerprint density at radius 3 is 2.79 bits per heavy atom. The first-order valence-corrected chi connectivity index (χ1v) is 6.12. The maximum Gasteiger partial charge on any atom is 0.244 e. The van der Waals surface area contributed by atoms with Gasteiger partial charge in [-0.05, 0) is 39.1 Å². The Morgan fingerprint density at radius 1 is 1.37 bits per heavy atom. The summed E-state index contributed by atoms with van der Waals surface area (Å²) in [6, 6.07) is 7.63. The van der Waals surface area contributed by atoms with E-state index in [0.717, 1.165) is 11.4 Å². The number of aromatic nitrogens is 2. The van der Waals surface area contributed by atoms with Gasteiger partial charge in [0.2, 0.25) is 5.91 Å². The SMILES string of the molecule is CNC(C)(C)C(=O)Nc1cccc(-n2ccnc2)c1. The summed E-state index contributed by atoms with van der Waals surface area (Å²) in [5.41, 5.74) is 1.11. The Kier molecular flexibility index (Phi) is 3.66. The van der Waals surface area contributed by atoms with Crippen LogP contribution < -0.4 is 10.6 Å². The standard InChI is InChI=1S/C14H18N4O/c1-14(2,15-3)13(19)17-11-5-4-6-12(9-11)18-8-7-16-10-18/h4-10,15H,1-3H3,(H,17,19). The lowest BCUT2D eigenvalue weighted by Gasteiger charge is -2.22. The number of hydrogen-bond donors (Lipinski definition) is 2. The number of hydrogen-bond acceptors (Lipinski definition) is 3. The summed E-state index contributed by atoms with van der Waals surface area (Å²) in [5, 5.41) is 5.88. The number of carbonyl (C=O) groups excluding carboxylic acids is 1. The first kappa shape index (κ1) is 13.3. The molecule has 19 heavy (non-hydrogen) atoms. The predicted molar refractivity (Wildman–Crippen MR) is 75.3 cm³/mol. The molecule has 5 heteroatoms. The lowest BCUT2D eigenvalue weighted by molar-refractivity contribution is -0.121. The fourth-order valence-corrected chi connectivity index (χ4v) is 1.56. The van der Waals surface area contributed by atoms with Crippen LogP contribution in [0.15, 0.2) is 43.0 Å². The van der Waals surface area contributed by atoms with Crippen molar-refractivity contribution in [1.82, 2.24) is 14.9 Å². The number of benzene rings is 1. The van der Waals surface area contributed by atoms with E-state index in [-0.39, 0.29) is 5.91 Å². The van der Waals surface area contributed by atoms with E-state index in [4.69, 9.17) is 0 Å². The Morgan fingerprint density at radius 2 is 2.16 bits per heavy atom. The maximum absolute atomic E-state index is 12.1. The van der Waals surface area contributed by atoms with Gasteiger partial charge in [-0.2, -0.15) is 0 Å². The average Bonchev–Trinajstić information content (AvgIpc) is 2.93. The van der Waals surface area contributed by atoms with E-state index >= 15 is 0 Å². The van der Waals surface area contributed by atoms with Crippen LogP contribution in [0, 0.1) is 0 Å². The lowest BCUT2D eigenvalue weighted by atomic mass is 10.1. The molecule has 2 aromatic rings. The number of carbonyl (C=O) groups is 1. The second-order valence-electron chi connectivity index (χ2n) is 4.85. The fraction of sp³-hybridized carbons (Fsp3) is 0.286. The van der Waals surface area contributed by atoms with Gasteiger partial charge >= 0.3 is 0 Å². The number of likely N-dealkylation sites (N-methyl/N-ethyl adjacent to an activating group) is 1. The molecule has 0 unspecified atom stereocenters. The van der Waals surface area contributed by atoms with Crippen LogP contribution in [0.2, 0.25) is 0 Å². The highest BCUT2D eigenvalue weighted by Crippen LogP contribution is 2.16. The molecule has 1 heterocycles. The highest BCUT2D eigenvalue weighted by Gasteiger charge is 2.25. The second kappa shape index (κ2) is 5.24. The van der Waals surface area contributed by atoms with Gasteiger partial charge in [-0.1, -0.05) is 6.07 Å². The molecular weight excluding hydrogens is 240 g/mol. The minimum absolute atomic E-state index is 0.0715. The van der Waals surface area contributed by atoms with Gasteiger partial charge in [0.05, 0.1) is 11.9 Å². The van der Waals surface area contributed by atoms with Crippen LogP contribution in [-0.2, 0) is 4.79 Å². The second-order valence-corrected chi connectivity index (χ2v) is 4.85. The topological polar surface area (TPSA) is 59.0 Å². The summed E-state index contributed by atoms with van der Waals surface area (Å²) in [6.07, 6.45) is 5.30. The van der Waals surface area contributed by atoms with Gasteiger partial charge in [0, 0.05) is 23.8 Å². The summed E-state index contributed by atoms with van der Waals surface area (Å²) in [5.74, 6) is -0.0715. The van der Waals surface area contributed by atoms with Gasteiger partial charge in [-0.15, -0.1) is 0 Å². The highest BCUT2D eigenvalue weighted by molar-refractivity contribution is 5.97. The van der Waals surface area contributed by atoms with Crippen LogP contribution in [0.3, 0.4) is 0 Å². The third-order valence-electron chi connectivity index (χ3n) is 3.10. The van der Waals surface area contributed by atoms with Gasteiger partial charge < -0.3 is 15.2 Å². The smallest absolute Gasteiger partial charge is 0.244 e. The van der Waals surface area contributed by atoms with Crippen LogP contribution in [0.25, 0.3) is 5.69 Å². The first-order chi connectivity index (χ1) is 9.03. The molecule has 0 saturated heterocycles. The zero-order chi connectivity index (χ0) is 13.9. The molecule has 1 aromatic carbocycles. The van der Waals surface area contributed by atoms with Crippen molar-refractivity contribution in [1.29, 1.82) is 0 Å². The van der Waals surface area contributed by atoms with Crippen molar-refractivity contribution < 1.29 is 4.79 Å². The van der Waals surface area contributed by atoms with E-state index in [9.17, 15) is 4.79 Å². The molecule has 0 saturated carbocycles. The summed E-state index contributed by atoms with van der Waals surface area (Å²) < 4.78 is 1.89. The maximum atomic E-state index is 12.1. The molecule has 1 amide bonds. The Hall–Kier alpha value is -2.14. The summed E-state index contributed by atoms with van der Waals surface area (Å²) in [6.45, 7) is 3.67. The van der Waals surface area contributed by atoms with E-state index < -0.39 is 5.54 Å². The minimum atomic E-state index is -0.606. The first-order valence-electron chi connectivity index (χ1n) is 6.12. The summed E-state index contributed by atoms with van der Waals surface area (Å²) in [4.78, 5) is 16.1. The molecule has 0 atom stereocenters. The van der Waals surface area contributed by atoms with Gasteiger partial charge in [0.1, 0.15) is 0 Å². The zero-order valence-electron chi connectivity index (χ0n) is 11.3. The minimum Gasteiger partial charge on any atom is -0.324 e. The van der Waals surface area contributed by atoms with E-state index in [1.165, 1.54) is 0 Å². The number of amides is 1. The zero-order valence-corrected chi connectivity index (χ0v) is 11.3. The molecule has 5 nitrogen and oxygen atoms in total. The van der Waals surface area contributed by atoms with E-state index in [1.54, 1.807) is 19.6 Å². The molecule has 0 aliphatic heterocycles. The molecule has 2 rings (SSSR count). The van der Waals surface area contributed by atoms with Crippen molar-refractivity contribution in [2.45, 2.75) is 19.4 Å². The van der Waals surface area contributed by atoms with E-state index in [1.807, 2.05) is 48.9 Å². The van der Waals surface area contributed by atoms with Gasteiger partial charge in [-0.25, -0.2) is 4.98 Å². The number of rotatable bonds is 4. The number of nitrogens with one attached hydrogen (secondary N) is 2. The van der Waals surface area contributed by atoms with Crippen LogP contribution in [0.4, 0.5) is 5.69 Å². The van der Waals surface area contributed by atoms with Gasteiger partial charge in [0.15, 0.2) is 0 Å². The van der Waals surface area contributed by atoms with Crippen molar-refractivity contribution in [2.24, 2.45) is 0 Å². The predicted octanol–water partition coefficient (Wildman–Crippen LogP) is 1.81. The Balaban J connectivity index is 2.19. The monoisotopic (exact) mass is 258 g/mol. The molecular formula is C14H18N4O. The molecule has 0 fully saturated rings. The van der Waals surface area contributed by atoms with Crippen LogP contribution in [0.5, 0.6) is 0 Å². The number of imidazole rings is 1. The molecule has 0 aliphatic rings. The normalized spacial score (nSPS) is 11.3. The van der Waals surface area contributed by atoms with Crippen LogP contribution in [-0.4, -0.2) is 28.0 Å². The third-order valence-corrected chi connectivity index (χ3v) is 3.10. The molecule has 100 valence electrons. The average molecular weight is 258 g/mol. The number of anilines is 1. The van der Waals surface area contributed by atoms with E-state index in [0.29, 0.717) is 0 Å². The fourth-order valence-electron chi connectivity index (χ4n) is 1.56. The van der Waals surface area contributed by atoms with Gasteiger partial charge in [0.25, 0.3) is 0 Å². The molecule has 0 aliphatic carbocycles. The van der Waals surface area contributed by atoms with Crippen molar-refractivity contribution >= 4 is 11.6 Å².